The van der Waals surface area contributed by atoms with E-state index >= 15 is 0 Å². The number of H-pyrrole nitrogens is 1. The second-order valence-corrected chi connectivity index (χ2v) is 8.53. The quantitative estimate of drug-likeness (QED) is 0.338. The van der Waals surface area contributed by atoms with Crippen molar-refractivity contribution < 1.29 is 19.2 Å². The molecule has 5 heterocycles. The molecule has 2 aliphatic heterocycles. The van der Waals surface area contributed by atoms with E-state index in [9.17, 15) is 19.2 Å². The molecule has 1 fully saturated rings. The minimum Gasteiger partial charge on any atom is -0.343 e. The number of benzene rings is 1. The number of fused-ring (bicyclic) bond motifs is 2. The number of hydrogen-bond acceptors (Lipinski definition) is 8. The Kier molecular flexibility index (Phi) is 5.02. The van der Waals surface area contributed by atoms with Crippen LogP contribution in [0.3, 0.4) is 0 Å². The summed E-state index contributed by atoms with van der Waals surface area (Å²) in [6.07, 6.45) is 3.62. The lowest BCUT2D eigenvalue weighted by Gasteiger charge is -2.29. The molecule has 1 atom stereocenters. The number of pyridine rings is 1. The van der Waals surface area contributed by atoms with Crippen molar-refractivity contribution >= 4 is 34.8 Å². The lowest BCUT2D eigenvalue weighted by molar-refractivity contribution is -0.136. The molecular weight excluding hydrogens is 466 g/mol. The van der Waals surface area contributed by atoms with Crippen molar-refractivity contribution in [2.75, 3.05) is 0 Å². The van der Waals surface area contributed by atoms with Crippen molar-refractivity contribution in [3.63, 3.8) is 0 Å². The summed E-state index contributed by atoms with van der Waals surface area (Å²) in [4.78, 5) is 62.2. The number of hydrogen-bond donors (Lipinski definition) is 3. The maximum Gasteiger partial charge on any atom is 0.273 e. The van der Waals surface area contributed by atoms with E-state index in [4.69, 9.17) is 0 Å². The summed E-state index contributed by atoms with van der Waals surface area (Å²) in [6.45, 7) is 0.405. The van der Waals surface area contributed by atoms with Crippen LogP contribution in [-0.4, -0.2) is 64.5 Å². The molecule has 1 aromatic carbocycles. The molecule has 13 heteroatoms. The zero-order valence-corrected chi connectivity index (χ0v) is 18.8. The van der Waals surface area contributed by atoms with Gasteiger partial charge in [-0.25, -0.2) is 14.6 Å². The van der Waals surface area contributed by atoms with Crippen LogP contribution in [0.5, 0.6) is 0 Å². The number of imide groups is 1. The summed E-state index contributed by atoms with van der Waals surface area (Å²) in [5, 5.41) is 13.0. The summed E-state index contributed by atoms with van der Waals surface area (Å²) in [6, 6.07) is 8.09. The molecule has 180 valence electrons. The van der Waals surface area contributed by atoms with E-state index in [-0.39, 0.29) is 37.0 Å². The number of aromatic amines is 1. The van der Waals surface area contributed by atoms with Crippen LogP contribution in [0.2, 0.25) is 0 Å². The van der Waals surface area contributed by atoms with Crippen LogP contribution in [0.4, 0.5) is 0 Å². The van der Waals surface area contributed by atoms with Crippen LogP contribution in [0.15, 0.2) is 42.7 Å². The zero-order chi connectivity index (χ0) is 24.8. The van der Waals surface area contributed by atoms with E-state index in [1.54, 1.807) is 30.5 Å². The smallest absolute Gasteiger partial charge is 0.273 e. The third-order valence-electron chi connectivity index (χ3n) is 6.22. The van der Waals surface area contributed by atoms with Gasteiger partial charge in [0.2, 0.25) is 11.8 Å². The maximum atomic E-state index is 12.9. The first-order chi connectivity index (χ1) is 17.5. The third-order valence-corrected chi connectivity index (χ3v) is 6.22. The topological polar surface area (TPSA) is 168 Å². The van der Waals surface area contributed by atoms with Crippen LogP contribution >= 0.6 is 0 Å². The summed E-state index contributed by atoms with van der Waals surface area (Å²) in [5.74, 6) is -0.907. The highest BCUT2D eigenvalue weighted by Gasteiger charge is 2.39. The number of aromatic nitrogens is 6. The van der Waals surface area contributed by atoms with Crippen LogP contribution < -0.4 is 10.6 Å². The highest BCUT2D eigenvalue weighted by Crippen LogP contribution is 2.29. The number of amides is 4. The number of rotatable bonds is 5. The molecular formula is C23H19N9O4. The Morgan fingerprint density at radius 3 is 2.92 bits per heavy atom. The Hall–Kier alpha value is -4.94. The molecule has 0 spiro atoms. The van der Waals surface area contributed by atoms with Crippen molar-refractivity contribution in [3.05, 3.63) is 65.4 Å². The van der Waals surface area contributed by atoms with E-state index in [0.29, 0.717) is 29.1 Å². The molecule has 0 saturated carbocycles. The molecule has 1 unspecified atom stereocenters. The molecule has 6 rings (SSSR count). The van der Waals surface area contributed by atoms with Gasteiger partial charge in [0.1, 0.15) is 11.9 Å². The van der Waals surface area contributed by atoms with E-state index in [0.717, 1.165) is 11.1 Å². The second-order valence-electron chi connectivity index (χ2n) is 8.53. The van der Waals surface area contributed by atoms with Gasteiger partial charge in [0.15, 0.2) is 11.3 Å². The van der Waals surface area contributed by atoms with Gasteiger partial charge < -0.3 is 15.2 Å². The fraction of sp³-hybridized carbons (Fsp3) is 0.217. The van der Waals surface area contributed by atoms with E-state index in [1.165, 1.54) is 15.8 Å². The minimum absolute atomic E-state index is 0.117. The number of piperidine rings is 1. The molecule has 3 N–H and O–H groups in total. The summed E-state index contributed by atoms with van der Waals surface area (Å²) in [7, 11) is 0. The van der Waals surface area contributed by atoms with Crippen LogP contribution in [0.25, 0.3) is 16.9 Å². The van der Waals surface area contributed by atoms with Gasteiger partial charge in [-0.05, 0) is 42.3 Å². The van der Waals surface area contributed by atoms with Crippen molar-refractivity contribution in [1.29, 1.82) is 0 Å². The van der Waals surface area contributed by atoms with Crippen LogP contribution in [-0.2, 0) is 22.7 Å². The zero-order valence-electron chi connectivity index (χ0n) is 18.8. The Balaban J connectivity index is 1.15. The SMILES string of the molecule is O=C1CCC(N2Cc3cc(-n4cc(C(=O)NCc5nc6ncccc6[nH]5)nn4)ccc3C2=O)C(=O)N1. The number of nitrogens with zero attached hydrogens (tertiary/aromatic N) is 6. The fourth-order valence-corrected chi connectivity index (χ4v) is 4.43. The van der Waals surface area contributed by atoms with Crippen molar-refractivity contribution in [1.82, 2.24) is 45.5 Å². The maximum absolute atomic E-state index is 12.9. The Morgan fingerprint density at radius 1 is 1.19 bits per heavy atom. The molecule has 4 amide bonds. The molecule has 2 aliphatic rings. The van der Waals surface area contributed by atoms with E-state index in [2.05, 4.69) is 35.9 Å². The fourth-order valence-electron chi connectivity index (χ4n) is 4.43. The van der Waals surface area contributed by atoms with Crippen molar-refractivity contribution in [2.45, 2.75) is 32.0 Å². The minimum atomic E-state index is -0.685. The monoisotopic (exact) mass is 485 g/mol. The summed E-state index contributed by atoms with van der Waals surface area (Å²) < 4.78 is 1.44. The second kappa shape index (κ2) is 8.37. The van der Waals surface area contributed by atoms with Gasteiger partial charge in [-0.2, -0.15) is 0 Å². The first-order valence-electron chi connectivity index (χ1n) is 11.2. The number of imidazole rings is 1. The standard InChI is InChI=1S/C23H19N9O4/c33-19-6-5-17(22(35)28-19)31-10-12-8-13(3-4-14(12)23(31)36)32-11-16(29-30-32)21(34)25-9-18-26-15-2-1-7-24-20(15)27-18/h1-4,7-8,11,17H,5-6,9-10H2,(H,25,34)(H,24,26,27)(H,28,33,35). The third kappa shape index (κ3) is 3.76. The summed E-state index contributed by atoms with van der Waals surface area (Å²) >= 11 is 0. The van der Waals surface area contributed by atoms with Gasteiger partial charge in [-0.1, -0.05) is 5.21 Å². The largest absolute Gasteiger partial charge is 0.343 e. The van der Waals surface area contributed by atoms with E-state index < -0.39 is 17.9 Å². The number of carbonyl (C=O) groups is 4. The molecule has 36 heavy (non-hydrogen) atoms. The van der Waals surface area contributed by atoms with Crippen molar-refractivity contribution in [3.8, 4) is 5.69 Å². The Morgan fingerprint density at radius 2 is 2.08 bits per heavy atom. The van der Waals surface area contributed by atoms with E-state index in [1.807, 2.05) is 6.07 Å². The number of nitrogens with one attached hydrogen (secondary N) is 3. The van der Waals surface area contributed by atoms with Gasteiger partial charge in [-0.15, -0.1) is 5.10 Å². The van der Waals surface area contributed by atoms with Crippen LogP contribution in [0, 0.1) is 0 Å². The lowest BCUT2D eigenvalue weighted by atomic mass is 10.0. The predicted octanol–water partition coefficient (Wildman–Crippen LogP) is 0.230. The van der Waals surface area contributed by atoms with Gasteiger partial charge in [0.25, 0.3) is 11.8 Å². The average molecular weight is 485 g/mol. The number of carbonyl (C=O) groups excluding carboxylic acids is 4. The summed E-state index contributed by atoms with van der Waals surface area (Å²) in [5.41, 5.74) is 3.29. The molecule has 0 bridgehead atoms. The molecule has 13 nitrogen and oxygen atoms in total. The Labute approximate surface area is 202 Å². The van der Waals surface area contributed by atoms with Gasteiger partial charge in [0.05, 0.1) is 23.9 Å². The van der Waals surface area contributed by atoms with Crippen molar-refractivity contribution in [2.24, 2.45) is 0 Å². The molecule has 0 aliphatic carbocycles. The molecule has 4 aromatic rings. The highest BCUT2D eigenvalue weighted by molar-refractivity contribution is 6.05. The van der Waals surface area contributed by atoms with Gasteiger partial charge in [0, 0.05) is 24.7 Å². The Bertz CT molecular complexity index is 1520. The van der Waals surface area contributed by atoms with Crippen LogP contribution in [0.1, 0.15) is 45.1 Å². The molecule has 1 saturated heterocycles. The molecule has 3 aromatic heterocycles. The highest BCUT2D eigenvalue weighted by atomic mass is 16.2. The average Bonchev–Trinajstić information content (AvgIpc) is 3.60. The lowest BCUT2D eigenvalue weighted by Crippen LogP contribution is -2.52. The first-order valence-corrected chi connectivity index (χ1v) is 11.2. The normalized spacial score (nSPS) is 17.4. The van der Waals surface area contributed by atoms with Gasteiger partial charge >= 0.3 is 0 Å². The molecule has 0 radical (unpaired) electrons. The first kappa shape index (κ1) is 21.6. The predicted molar refractivity (Wildman–Crippen MR) is 122 cm³/mol. The van der Waals surface area contributed by atoms with Gasteiger partial charge in [-0.3, -0.25) is 24.5 Å².